The largest absolute Gasteiger partial charge is 0.478 e. The monoisotopic (exact) mass is 271 g/mol. The van der Waals surface area contributed by atoms with E-state index in [9.17, 15) is 9.90 Å². The molecule has 1 heterocycles. The third kappa shape index (κ3) is 3.29. The minimum atomic E-state index is -0.844. The number of aryl methyl sites for hydroxylation is 1. The van der Waals surface area contributed by atoms with Crippen LogP contribution in [0.4, 0.5) is 0 Å². The molecule has 0 aliphatic heterocycles. The number of nitrogens with zero attached hydrogens (tertiary/aromatic N) is 1. The molecular formula is C17H21NO2. The summed E-state index contributed by atoms with van der Waals surface area (Å²) in [5, 5.41) is 9.28. The highest BCUT2D eigenvalue weighted by molar-refractivity contribution is 5.89. The Morgan fingerprint density at radius 3 is 2.40 bits per heavy atom. The van der Waals surface area contributed by atoms with E-state index in [2.05, 4.69) is 45.0 Å². The molecule has 3 heteroatoms. The van der Waals surface area contributed by atoms with Crippen molar-refractivity contribution in [1.82, 2.24) is 4.57 Å². The van der Waals surface area contributed by atoms with Crippen LogP contribution in [-0.2, 0) is 13.0 Å². The highest BCUT2D eigenvalue weighted by Gasteiger charge is 2.16. The van der Waals surface area contributed by atoms with Gasteiger partial charge >= 0.3 is 5.97 Å². The van der Waals surface area contributed by atoms with Crippen LogP contribution < -0.4 is 0 Å². The third-order valence-corrected chi connectivity index (χ3v) is 3.38. The maximum absolute atomic E-state index is 11.3. The lowest BCUT2D eigenvalue weighted by Crippen LogP contribution is -2.10. The predicted octanol–water partition coefficient (Wildman–Crippen LogP) is 3.74. The SMILES string of the molecule is Cc1ccc(Cn2ccc(C(=O)O)c2CC(C)C)cc1. The summed E-state index contributed by atoms with van der Waals surface area (Å²) in [6.45, 7) is 6.99. The first-order chi connectivity index (χ1) is 9.47. The van der Waals surface area contributed by atoms with Crippen molar-refractivity contribution in [1.29, 1.82) is 0 Å². The zero-order chi connectivity index (χ0) is 14.7. The maximum Gasteiger partial charge on any atom is 0.337 e. The second-order valence-corrected chi connectivity index (χ2v) is 5.69. The second kappa shape index (κ2) is 5.95. The number of aromatic nitrogens is 1. The lowest BCUT2D eigenvalue weighted by Gasteiger charge is -2.12. The summed E-state index contributed by atoms with van der Waals surface area (Å²) in [5.74, 6) is -0.414. The van der Waals surface area contributed by atoms with Crippen LogP contribution >= 0.6 is 0 Å². The molecule has 0 aliphatic rings. The number of carboxylic acids is 1. The number of hydrogen-bond donors (Lipinski definition) is 1. The van der Waals surface area contributed by atoms with Gasteiger partial charge < -0.3 is 9.67 Å². The zero-order valence-electron chi connectivity index (χ0n) is 12.3. The van der Waals surface area contributed by atoms with Gasteiger partial charge in [0.05, 0.1) is 5.56 Å². The molecule has 2 aromatic rings. The predicted molar refractivity (Wildman–Crippen MR) is 80.2 cm³/mol. The summed E-state index contributed by atoms with van der Waals surface area (Å²) < 4.78 is 2.05. The van der Waals surface area contributed by atoms with Gasteiger partial charge in [0.2, 0.25) is 0 Å². The van der Waals surface area contributed by atoms with E-state index in [1.54, 1.807) is 6.07 Å². The second-order valence-electron chi connectivity index (χ2n) is 5.69. The van der Waals surface area contributed by atoms with Crippen LogP contribution in [-0.4, -0.2) is 15.6 Å². The summed E-state index contributed by atoms with van der Waals surface area (Å²) in [4.78, 5) is 11.3. The van der Waals surface area contributed by atoms with Crippen LogP contribution in [0.15, 0.2) is 36.5 Å². The lowest BCUT2D eigenvalue weighted by molar-refractivity contribution is 0.0695. The molecule has 0 atom stereocenters. The van der Waals surface area contributed by atoms with Crippen molar-refractivity contribution in [3.63, 3.8) is 0 Å². The van der Waals surface area contributed by atoms with Crippen LogP contribution in [0.5, 0.6) is 0 Å². The Kier molecular flexibility index (Phi) is 4.28. The summed E-state index contributed by atoms with van der Waals surface area (Å²) in [6.07, 6.45) is 2.65. The first-order valence-electron chi connectivity index (χ1n) is 6.94. The Hall–Kier alpha value is -2.03. The Balaban J connectivity index is 2.31. The zero-order valence-corrected chi connectivity index (χ0v) is 12.3. The minimum Gasteiger partial charge on any atom is -0.478 e. The molecule has 0 saturated heterocycles. The van der Waals surface area contributed by atoms with Crippen molar-refractivity contribution in [3.05, 3.63) is 58.9 Å². The average Bonchev–Trinajstić information content (AvgIpc) is 2.75. The molecule has 0 unspecified atom stereocenters. The first kappa shape index (κ1) is 14.4. The molecule has 0 saturated carbocycles. The number of benzene rings is 1. The highest BCUT2D eigenvalue weighted by Crippen LogP contribution is 2.18. The van der Waals surface area contributed by atoms with E-state index in [1.165, 1.54) is 11.1 Å². The molecule has 0 radical (unpaired) electrons. The third-order valence-electron chi connectivity index (χ3n) is 3.38. The number of hydrogen-bond acceptors (Lipinski definition) is 1. The fourth-order valence-corrected chi connectivity index (χ4v) is 2.35. The van der Waals surface area contributed by atoms with E-state index in [1.807, 2.05) is 10.8 Å². The number of carbonyl (C=O) groups is 1. The normalized spacial score (nSPS) is 11.0. The van der Waals surface area contributed by atoms with Gasteiger partial charge in [-0.05, 0) is 30.9 Å². The smallest absolute Gasteiger partial charge is 0.337 e. The molecule has 0 fully saturated rings. The van der Waals surface area contributed by atoms with Crippen LogP contribution in [0.1, 0.15) is 41.0 Å². The highest BCUT2D eigenvalue weighted by atomic mass is 16.4. The van der Waals surface area contributed by atoms with Gasteiger partial charge in [-0.3, -0.25) is 0 Å². The molecule has 3 nitrogen and oxygen atoms in total. The van der Waals surface area contributed by atoms with Crippen molar-refractivity contribution in [3.8, 4) is 0 Å². The summed E-state index contributed by atoms with van der Waals surface area (Å²) in [6, 6.07) is 10.1. The van der Waals surface area contributed by atoms with Crippen LogP contribution in [0.3, 0.4) is 0 Å². The molecule has 0 spiro atoms. The molecule has 2 rings (SSSR count). The van der Waals surface area contributed by atoms with E-state index in [-0.39, 0.29) is 0 Å². The minimum absolute atomic E-state index is 0.422. The molecule has 106 valence electrons. The Morgan fingerprint density at radius 1 is 1.20 bits per heavy atom. The quantitative estimate of drug-likeness (QED) is 0.900. The average molecular weight is 271 g/mol. The fourth-order valence-electron chi connectivity index (χ4n) is 2.35. The Bertz CT molecular complexity index is 594. The maximum atomic E-state index is 11.3. The van der Waals surface area contributed by atoms with E-state index >= 15 is 0 Å². The van der Waals surface area contributed by atoms with Crippen molar-refractivity contribution in [2.24, 2.45) is 5.92 Å². The van der Waals surface area contributed by atoms with Gasteiger partial charge in [-0.25, -0.2) is 4.79 Å². The van der Waals surface area contributed by atoms with Crippen LogP contribution in [0, 0.1) is 12.8 Å². The van der Waals surface area contributed by atoms with Gasteiger partial charge in [0.15, 0.2) is 0 Å². The van der Waals surface area contributed by atoms with Gasteiger partial charge in [-0.2, -0.15) is 0 Å². The van der Waals surface area contributed by atoms with E-state index in [4.69, 9.17) is 0 Å². The summed E-state index contributed by atoms with van der Waals surface area (Å²) in [7, 11) is 0. The molecule has 1 aromatic carbocycles. The van der Waals surface area contributed by atoms with Gasteiger partial charge in [0.1, 0.15) is 0 Å². The van der Waals surface area contributed by atoms with Crippen molar-refractivity contribution < 1.29 is 9.90 Å². The molecule has 0 bridgehead atoms. The van der Waals surface area contributed by atoms with E-state index < -0.39 is 5.97 Å². The van der Waals surface area contributed by atoms with Crippen molar-refractivity contribution in [2.45, 2.75) is 33.7 Å². The van der Waals surface area contributed by atoms with Crippen molar-refractivity contribution >= 4 is 5.97 Å². The number of carboxylic acid groups (broad SMARTS) is 1. The first-order valence-corrected chi connectivity index (χ1v) is 6.94. The number of rotatable bonds is 5. The van der Waals surface area contributed by atoms with E-state index in [0.29, 0.717) is 11.5 Å². The van der Waals surface area contributed by atoms with Gasteiger partial charge in [0, 0.05) is 18.4 Å². The van der Waals surface area contributed by atoms with Crippen molar-refractivity contribution in [2.75, 3.05) is 0 Å². The fraction of sp³-hybridized carbons (Fsp3) is 0.353. The van der Waals surface area contributed by atoms with Gasteiger partial charge in [-0.15, -0.1) is 0 Å². The molecular weight excluding hydrogens is 250 g/mol. The summed E-state index contributed by atoms with van der Waals surface area (Å²) >= 11 is 0. The van der Waals surface area contributed by atoms with Crippen LogP contribution in [0.25, 0.3) is 0 Å². The molecule has 1 aromatic heterocycles. The molecule has 0 amide bonds. The topological polar surface area (TPSA) is 42.2 Å². The van der Waals surface area contributed by atoms with Gasteiger partial charge in [0.25, 0.3) is 0 Å². The Morgan fingerprint density at radius 2 is 1.85 bits per heavy atom. The number of aromatic carboxylic acids is 1. The van der Waals surface area contributed by atoms with Gasteiger partial charge in [-0.1, -0.05) is 43.7 Å². The van der Waals surface area contributed by atoms with E-state index in [0.717, 1.165) is 18.7 Å². The lowest BCUT2D eigenvalue weighted by atomic mass is 10.0. The van der Waals surface area contributed by atoms with Crippen LogP contribution in [0.2, 0.25) is 0 Å². The Labute approximate surface area is 119 Å². The molecule has 1 N–H and O–H groups in total. The molecule has 20 heavy (non-hydrogen) atoms. The standard InChI is InChI=1S/C17H21NO2/c1-12(2)10-16-15(17(19)20)8-9-18(16)11-14-6-4-13(3)5-7-14/h4-9,12H,10-11H2,1-3H3,(H,19,20). The molecule has 0 aliphatic carbocycles. The summed E-state index contributed by atoms with van der Waals surface area (Å²) in [5.41, 5.74) is 3.75.